The zero-order chi connectivity index (χ0) is 22.9. The Morgan fingerprint density at radius 3 is 2.62 bits per heavy atom. The van der Waals surface area contributed by atoms with E-state index in [2.05, 4.69) is 49.2 Å². The van der Waals surface area contributed by atoms with Crippen molar-refractivity contribution in [2.45, 2.75) is 38.6 Å². The topological polar surface area (TPSA) is 79.1 Å². The average molecular weight is 578 g/mol. The van der Waals surface area contributed by atoms with Crippen molar-refractivity contribution in [1.29, 1.82) is 0 Å². The molecule has 1 aliphatic heterocycles. The summed E-state index contributed by atoms with van der Waals surface area (Å²) in [7, 11) is 1.71. The molecule has 4 rings (SSSR count). The number of aliphatic imine (C=N–C) groups is 1. The van der Waals surface area contributed by atoms with Crippen LogP contribution in [0.1, 0.15) is 43.6 Å². The van der Waals surface area contributed by atoms with Gasteiger partial charge in [0.2, 0.25) is 0 Å². The highest BCUT2D eigenvalue weighted by Gasteiger charge is 2.23. The SMILES string of the molecule is CCNC(=NCC(c1ccc(OC)cc1)N1CCCC1)NCCCc1nnc2ccccn12.I. The van der Waals surface area contributed by atoms with Gasteiger partial charge in [-0.3, -0.25) is 14.3 Å². The van der Waals surface area contributed by atoms with Crippen LogP contribution >= 0.6 is 24.0 Å². The second-order valence-corrected chi connectivity index (χ2v) is 8.33. The molecule has 1 aromatic carbocycles. The molecule has 1 fully saturated rings. The number of hydrogen-bond acceptors (Lipinski definition) is 5. The predicted molar refractivity (Wildman–Crippen MR) is 147 cm³/mol. The molecule has 0 radical (unpaired) electrons. The number of aromatic nitrogens is 3. The van der Waals surface area contributed by atoms with Crippen molar-refractivity contribution < 1.29 is 4.74 Å². The number of guanidine groups is 1. The van der Waals surface area contributed by atoms with Gasteiger partial charge in [0.05, 0.1) is 19.7 Å². The number of likely N-dealkylation sites (tertiary alicyclic amines) is 1. The molecule has 0 aliphatic carbocycles. The lowest BCUT2D eigenvalue weighted by Crippen LogP contribution is -2.39. The van der Waals surface area contributed by atoms with Gasteiger partial charge in [0, 0.05) is 25.7 Å². The first-order valence-corrected chi connectivity index (χ1v) is 12.0. The van der Waals surface area contributed by atoms with Gasteiger partial charge in [-0.1, -0.05) is 18.2 Å². The van der Waals surface area contributed by atoms with Crippen LogP contribution in [-0.4, -0.2) is 65.3 Å². The average Bonchev–Trinajstić information content (AvgIpc) is 3.53. The van der Waals surface area contributed by atoms with Crippen LogP contribution in [-0.2, 0) is 6.42 Å². The summed E-state index contributed by atoms with van der Waals surface area (Å²) in [6.45, 7) is 6.73. The van der Waals surface area contributed by atoms with E-state index < -0.39 is 0 Å². The Bertz CT molecular complexity index is 1030. The number of methoxy groups -OCH3 is 1. The Morgan fingerprint density at radius 2 is 1.88 bits per heavy atom. The third-order valence-corrected chi connectivity index (χ3v) is 6.10. The lowest BCUT2D eigenvalue weighted by atomic mass is 10.1. The minimum Gasteiger partial charge on any atom is -0.497 e. The minimum absolute atomic E-state index is 0. The molecule has 1 unspecified atom stereocenters. The molecule has 0 spiro atoms. The molecular formula is C25H36IN7O. The molecule has 1 saturated heterocycles. The van der Waals surface area contributed by atoms with Crippen LogP contribution in [0.2, 0.25) is 0 Å². The quantitative estimate of drug-likeness (QED) is 0.166. The molecule has 9 heteroatoms. The second-order valence-electron chi connectivity index (χ2n) is 8.33. The van der Waals surface area contributed by atoms with Crippen LogP contribution in [0.4, 0.5) is 0 Å². The van der Waals surface area contributed by atoms with E-state index in [1.807, 2.05) is 36.5 Å². The molecule has 2 aromatic heterocycles. The van der Waals surface area contributed by atoms with Crippen LogP contribution in [0.5, 0.6) is 5.75 Å². The molecule has 3 heterocycles. The normalized spacial score (nSPS) is 15.2. The van der Waals surface area contributed by atoms with Crippen LogP contribution < -0.4 is 15.4 Å². The zero-order valence-electron chi connectivity index (χ0n) is 20.1. The van der Waals surface area contributed by atoms with Gasteiger partial charge >= 0.3 is 0 Å². The maximum Gasteiger partial charge on any atom is 0.191 e. The van der Waals surface area contributed by atoms with E-state index in [0.717, 1.165) is 68.7 Å². The summed E-state index contributed by atoms with van der Waals surface area (Å²) in [5.74, 6) is 2.74. The number of pyridine rings is 1. The number of halogens is 1. The molecule has 0 bridgehead atoms. The molecule has 34 heavy (non-hydrogen) atoms. The Balaban J connectivity index is 0.00000324. The third-order valence-electron chi connectivity index (χ3n) is 6.10. The van der Waals surface area contributed by atoms with Gasteiger partial charge in [-0.15, -0.1) is 34.2 Å². The van der Waals surface area contributed by atoms with Gasteiger partial charge in [-0.05, 0) is 69.1 Å². The predicted octanol–water partition coefficient (Wildman–Crippen LogP) is 3.68. The summed E-state index contributed by atoms with van der Waals surface area (Å²) in [6.07, 6.45) is 6.34. The van der Waals surface area contributed by atoms with Crippen molar-refractivity contribution >= 4 is 35.6 Å². The van der Waals surface area contributed by atoms with Crippen molar-refractivity contribution in [2.75, 3.05) is 39.8 Å². The van der Waals surface area contributed by atoms with E-state index in [-0.39, 0.29) is 30.0 Å². The van der Waals surface area contributed by atoms with E-state index in [9.17, 15) is 0 Å². The molecule has 3 aromatic rings. The lowest BCUT2D eigenvalue weighted by Gasteiger charge is -2.27. The fraction of sp³-hybridized carbons (Fsp3) is 0.480. The van der Waals surface area contributed by atoms with Gasteiger partial charge in [-0.2, -0.15) is 0 Å². The number of hydrogen-bond donors (Lipinski definition) is 2. The number of nitrogens with one attached hydrogen (secondary N) is 2. The number of ether oxygens (including phenoxy) is 1. The number of nitrogens with zero attached hydrogens (tertiary/aromatic N) is 5. The first kappa shape index (κ1) is 26.2. The smallest absolute Gasteiger partial charge is 0.191 e. The van der Waals surface area contributed by atoms with Gasteiger partial charge in [0.25, 0.3) is 0 Å². The van der Waals surface area contributed by atoms with Crippen molar-refractivity contribution in [2.24, 2.45) is 4.99 Å². The maximum atomic E-state index is 5.34. The first-order chi connectivity index (χ1) is 16.3. The fourth-order valence-corrected chi connectivity index (χ4v) is 4.35. The van der Waals surface area contributed by atoms with Crippen molar-refractivity contribution in [3.8, 4) is 5.75 Å². The Morgan fingerprint density at radius 1 is 1.09 bits per heavy atom. The molecule has 1 aliphatic rings. The molecule has 184 valence electrons. The van der Waals surface area contributed by atoms with Crippen LogP contribution in [0.25, 0.3) is 5.65 Å². The van der Waals surface area contributed by atoms with Crippen LogP contribution in [0.15, 0.2) is 53.7 Å². The standard InChI is InChI=1S/C25H35N7O.HI/c1-3-26-25(27-15-8-10-24-30-29-23-9-4-5-18-32(23)24)28-19-22(31-16-6-7-17-31)20-11-13-21(33-2)14-12-20;/h4-5,9,11-14,18,22H,3,6-8,10,15-17,19H2,1-2H3,(H2,26,27,28);1H. The highest BCUT2D eigenvalue weighted by Crippen LogP contribution is 2.27. The van der Waals surface area contributed by atoms with Crippen molar-refractivity contribution in [1.82, 2.24) is 30.1 Å². The zero-order valence-corrected chi connectivity index (χ0v) is 22.4. The van der Waals surface area contributed by atoms with E-state index in [1.165, 1.54) is 18.4 Å². The molecular weight excluding hydrogens is 541 g/mol. The number of rotatable bonds is 10. The van der Waals surface area contributed by atoms with E-state index in [1.54, 1.807) is 7.11 Å². The van der Waals surface area contributed by atoms with Gasteiger partial charge in [-0.25, -0.2) is 0 Å². The number of benzene rings is 1. The monoisotopic (exact) mass is 577 g/mol. The fourth-order valence-electron chi connectivity index (χ4n) is 4.35. The molecule has 1 atom stereocenters. The van der Waals surface area contributed by atoms with E-state index >= 15 is 0 Å². The molecule has 8 nitrogen and oxygen atoms in total. The van der Waals surface area contributed by atoms with Gasteiger partial charge in [0.1, 0.15) is 11.6 Å². The summed E-state index contributed by atoms with van der Waals surface area (Å²) in [5.41, 5.74) is 2.18. The van der Waals surface area contributed by atoms with E-state index in [0.29, 0.717) is 0 Å². The van der Waals surface area contributed by atoms with E-state index in [4.69, 9.17) is 9.73 Å². The Hall–Kier alpha value is -2.40. The van der Waals surface area contributed by atoms with Crippen LogP contribution in [0.3, 0.4) is 0 Å². The lowest BCUT2D eigenvalue weighted by molar-refractivity contribution is 0.251. The first-order valence-electron chi connectivity index (χ1n) is 12.0. The minimum atomic E-state index is 0. The second kappa shape index (κ2) is 13.5. The summed E-state index contributed by atoms with van der Waals surface area (Å²) in [5, 5.41) is 15.4. The Kier molecular flexibility index (Phi) is 10.4. The molecule has 0 amide bonds. The van der Waals surface area contributed by atoms with Crippen molar-refractivity contribution in [3.63, 3.8) is 0 Å². The molecule has 0 saturated carbocycles. The highest BCUT2D eigenvalue weighted by atomic mass is 127. The van der Waals surface area contributed by atoms with Gasteiger partial charge < -0.3 is 15.4 Å². The highest BCUT2D eigenvalue weighted by molar-refractivity contribution is 14.0. The summed E-state index contributed by atoms with van der Waals surface area (Å²) >= 11 is 0. The largest absolute Gasteiger partial charge is 0.497 e. The Labute approximate surface area is 219 Å². The molecule has 2 N–H and O–H groups in total. The number of aryl methyl sites for hydroxylation is 1. The third kappa shape index (κ3) is 6.82. The summed E-state index contributed by atoms with van der Waals surface area (Å²) in [6, 6.07) is 14.7. The maximum absolute atomic E-state index is 5.34. The van der Waals surface area contributed by atoms with Gasteiger partial charge in [0.15, 0.2) is 11.6 Å². The summed E-state index contributed by atoms with van der Waals surface area (Å²) < 4.78 is 7.39. The summed E-state index contributed by atoms with van der Waals surface area (Å²) in [4.78, 5) is 7.50. The van der Waals surface area contributed by atoms with Crippen molar-refractivity contribution in [3.05, 3.63) is 60.0 Å². The van der Waals surface area contributed by atoms with Crippen LogP contribution in [0, 0.1) is 0 Å². The number of fused-ring (bicyclic) bond motifs is 1.